The molecule has 0 bridgehead atoms. The van der Waals surface area contributed by atoms with Crippen molar-refractivity contribution in [2.24, 2.45) is 44.6 Å². The minimum Gasteiger partial charge on any atom is -0.380 e. The molecule has 0 amide bonds. The number of hydrogen-bond acceptors (Lipinski definition) is 9. The summed E-state index contributed by atoms with van der Waals surface area (Å²) in [5.41, 5.74) is 24.0. The highest BCUT2D eigenvalue weighted by atomic mass is 32.2. The molecule has 0 aromatic rings. The van der Waals surface area contributed by atoms with Gasteiger partial charge in [0.1, 0.15) is 0 Å². The average Bonchev–Trinajstić information content (AvgIpc) is 2.68. The van der Waals surface area contributed by atoms with Crippen LogP contribution in [-0.4, -0.2) is 80.1 Å². The van der Waals surface area contributed by atoms with Crippen LogP contribution in [-0.2, 0) is 18.9 Å². The summed E-state index contributed by atoms with van der Waals surface area (Å²) in [6.45, 7) is 26.3. The summed E-state index contributed by atoms with van der Waals surface area (Å²) in [4.78, 5) is -0.184. The molecule has 0 aromatic carbocycles. The predicted molar refractivity (Wildman–Crippen MR) is 168 cm³/mol. The summed E-state index contributed by atoms with van der Waals surface area (Å²) in [6, 6.07) is 0. The van der Waals surface area contributed by atoms with Crippen molar-refractivity contribution in [3.05, 3.63) is 0 Å². The molecule has 2 aliphatic rings. The average molecular weight is 589 g/mol. The number of ether oxygens (including phenoxy) is 4. The van der Waals surface area contributed by atoms with E-state index in [1.807, 2.05) is 0 Å². The van der Waals surface area contributed by atoms with Crippen molar-refractivity contribution in [2.75, 3.05) is 59.4 Å². The van der Waals surface area contributed by atoms with Gasteiger partial charge in [-0.15, -0.1) is 11.8 Å². The highest BCUT2D eigenvalue weighted by Gasteiger charge is 2.49. The third-order valence-corrected chi connectivity index (χ3v) is 9.19. The maximum Gasteiger partial charge on any atom is 0.0637 e. The van der Waals surface area contributed by atoms with E-state index in [9.17, 15) is 0 Å². The van der Waals surface area contributed by atoms with Crippen molar-refractivity contribution in [1.29, 1.82) is 0 Å². The topological polar surface area (TPSA) is 141 Å². The van der Waals surface area contributed by atoms with Gasteiger partial charge in [-0.3, -0.25) is 0 Å². The molecular weight excluding hydrogens is 524 g/mol. The molecule has 1 saturated heterocycles. The Morgan fingerprint density at radius 1 is 0.675 bits per heavy atom. The van der Waals surface area contributed by atoms with Gasteiger partial charge in [0, 0.05) is 21.2 Å². The third-order valence-electron chi connectivity index (χ3n) is 7.83. The van der Waals surface area contributed by atoms with Crippen LogP contribution in [0.3, 0.4) is 0 Å². The quantitative estimate of drug-likeness (QED) is 0.174. The van der Waals surface area contributed by atoms with E-state index in [-0.39, 0.29) is 36.9 Å². The molecule has 3 unspecified atom stereocenters. The van der Waals surface area contributed by atoms with Gasteiger partial charge in [-0.25, -0.2) is 0 Å². The molecule has 9 heteroatoms. The largest absolute Gasteiger partial charge is 0.380 e. The van der Waals surface area contributed by atoms with Crippen molar-refractivity contribution in [2.45, 2.75) is 116 Å². The molecule has 1 heterocycles. The van der Waals surface area contributed by atoms with Gasteiger partial charge < -0.3 is 41.9 Å². The monoisotopic (exact) mass is 588 g/mol. The van der Waals surface area contributed by atoms with E-state index < -0.39 is 5.41 Å². The molecule has 1 aliphatic carbocycles. The molecular formula is C31H64N4O4S. The lowest BCUT2D eigenvalue weighted by molar-refractivity contribution is -0.137. The van der Waals surface area contributed by atoms with E-state index in [4.69, 9.17) is 41.9 Å². The second kappa shape index (κ2) is 12.9. The Morgan fingerprint density at radius 2 is 1.12 bits per heavy atom. The smallest absolute Gasteiger partial charge is 0.0637 e. The molecule has 0 aromatic heterocycles. The van der Waals surface area contributed by atoms with E-state index in [2.05, 4.69) is 69.2 Å². The van der Waals surface area contributed by atoms with Gasteiger partial charge in [0.05, 0.1) is 63.1 Å². The zero-order chi connectivity index (χ0) is 30.7. The van der Waals surface area contributed by atoms with E-state index in [1.54, 1.807) is 11.8 Å². The molecule has 2 rings (SSSR count). The summed E-state index contributed by atoms with van der Waals surface area (Å²) in [5, 5.41) is 0. The van der Waals surface area contributed by atoms with Crippen LogP contribution in [0, 0.1) is 21.7 Å². The Kier molecular flexibility index (Phi) is 11.7. The number of nitrogens with two attached hydrogens (primary N) is 4. The predicted octanol–water partition coefficient (Wildman–Crippen LogP) is 4.27. The molecule has 8 N–H and O–H groups in total. The standard InChI is InChI=1S/C31H64N4O4S/c1-24(2,11-26(5,6)33)16-36-20-31(21-37-17-25(3,4)15-32,22-38-18-27(7)12-28(8,34)13-27)23-39-19-29(9)14-30(10,35)40-29/h11-23,32-35H2,1-10H3. The summed E-state index contributed by atoms with van der Waals surface area (Å²) < 4.78 is 25.7. The fraction of sp³-hybridized carbons (Fsp3) is 1.00. The first-order valence-corrected chi connectivity index (χ1v) is 15.8. The Morgan fingerprint density at radius 3 is 1.55 bits per heavy atom. The molecule has 8 nitrogen and oxygen atoms in total. The number of rotatable bonds is 19. The Balaban J connectivity index is 2.14. The summed E-state index contributed by atoms with van der Waals surface area (Å²) in [6.07, 6.45) is 3.69. The Hall–Kier alpha value is 0.0300. The summed E-state index contributed by atoms with van der Waals surface area (Å²) >= 11 is 1.79. The first-order valence-electron chi connectivity index (χ1n) is 15.0. The van der Waals surface area contributed by atoms with Crippen LogP contribution in [0.25, 0.3) is 0 Å². The van der Waals surface area contributed by atoms with Crippen LogP contribution in [0.15, 0.2) is 0 Å². The Labute approximate surface area is 250 Å². The minimum absolute atomic E-state index is 0.0129. The van der Waals surface area contributed by atoms with Crippen molar-refractivity contribution in [3.63, 3.8) is 0 Å². The van der Waals surface area contributed by atoms with Crippen molar-refractivity contribution < 1.29 is 18.9 Å². The van der Waals surface area contributed by atoms with E-state index in [0.29, 0.717) is 59.4 Å². The van der Waals surface area contributed by atoms with E-state index >= 15 is 0 Å². The lowest BCUT2D eigenvalue weighted by Crippen LogP contribution is -2.57. The molecule has 40 heavy (non-hydrogen) atoms. The van der Waals surface area contributed by atoms with Crippen LogP contribution in [0.1, 0.15) is 94.9 Å². The molecule has 3 atom stereocenters. The minimum atomic E-state index is -0.470. The van der Waals surface area contributed by atoms with Gasteiger partial charge in [0.25, 0.3) is 0 Å². The molecule has 1 aliphatic heterocycles. The van der Waals surface area contributed by atoms with Crippen LogP contribution in [0.4, 0.5) is 0 Å². The van der Waals surface area contributed by atoms with E-state index in [0.717, 1.165) is 25.7 Å². The highest BCUT2D eigenvalue weighted by molar-refractivity contribution is 8.03. The van der Waals surface area contributed by atoms with Gasteiger partial charge in [-0.05, 0) is 77.7 Å². The van der Waals surface area contributed by atoms with Crippen molar-refractivity contribution >= 4 is 11.8 Å². The lowest BCUT2D eigenvalue weighted by atomic mass is 9.60. The van der Waals surface area contributed by atoms with Gasteiger partial charge in [-0.1, -0.05) is 34.6 Å². The molecule has 238 valence electrons. The maximum absolute atomic E-state index is 6.47. The number of hydrogen-bond donors (Lipinski definition) is 4. The lowest BCUT2D eigenvalue weighted by Gasteiger charge is -2.51. The molecule has 2 fully saturated rings. The highest BCUT2D eigenvalue weighted by Crippen LogP contribution is 2.52. The normalized spacial score (nSPS) is 32.9. The van der Waals surface area contributed by atoms with Gasteiger partial charge in [0.15, 0.2) is 0 Å². The second-order valence-corrected chi connectivity index (χ2v) is 19.2. The summed E-state index contributed by atoms with van der Waals surface area (Å²) in [5.74, 6) is 0. The van der Waals surface area contributed by atoms with Crippen LogP contribution in [0.2, 0.25) is 0 Å². The van der Waals surface area contributed by atoms with Crippen molar-refractivity contribution in [1.82, 2.24) is 0 Å². The molecule has 1 saturated carbocycles. The van der Waals surface area contributed by atoms with Gasteiger partial charge >= 0.3 is 0 Å². The summed E-state index contributed by atoms with van der Waals surface area (Å²) in [7, 11) is 0. The van der Waals surface area contributed by atoms with Gasteiger partial charge in [0.2, 0.25) is 0 Å². The van der Waals surface area contributed by atoms with Crippen LogP contribution < -0.4 is 22.9 Å². The third kappa shape index (κ3) is 12.3. The zero-order valence-corrected chi connectivity index (χ0v) is 28.4. The molecule has 0 spiro atoms. The van der Waals surface area contributed by atoms with Crippen LogP contribution >= 0.6 is 11.8 Å². The maximum atomic E-state index is 6.47. The Bertz CT molecular complexity index is 758. The van der Waals surface area contributed by atoms with Gasteiger partial charge in [-0.2, -0.15) is 0 Å². The number of thioether (sulfide) groups is 1. The van der Waals surface area contributed by atoms with Crippen LogP contribution in [0.5, 0.6) is 0 Å². The first-order chi connectivity index (χ1) is 17.9. The SMILES string of the molecule is CC(C)(N)CC(C)(C)COCC(COCC(C)(C)CN)(COCC1(C)CC(C)(N)C1)COCC1(C)CC(C)(N)S1. The first kappa shape index (κ1) is 36.2. The molecule has 0 radical (unpaired) electrons. The van der Waals surface area contributed by atoms with Crippen molar-refractivity contribution in [3.8, 4) is 0 Å². The fourth-order valence-corrected chi connectivity index (χ4v) is 8.84. The fourth-order valence-electron chi connectivity index (χ4n) is 7.06. The second-order valence-electron chi connectivity index (χ2n) is 17.0. The zero-order valence-electron chi connectivity index (χ0n) is 27.5. The van der Waals surface area contributed by atoms with E-state index in [1.165, 1.54) is 0 Å².